The molecule has 0 saturated carbocycles. The molecule has 0 fully saturated rings. The number of nitrogens with one attached hydrogen (secondary N) is 1. The van der Waals surface area contributed by atoms with E-state index >= 15 is 0 Å². The molecule has 0 bridgehead atoms. The normalized spacial score (nSPS) is 9.85. The lowest BCUT2D eigenvalue weighted by Crippen LogP contribution is -2.36. The second-order valence-corrected chi connectivity index (χ2v) is 2.67. The highest BCUT2D eigenvalue weighted by Gasteiger charge is 2.07. The van der Waals surface area contributed by atoms with Crippen molar-refractivity contribution >= 4 is 0 Å². The molecule has 3 nitrogen and oxygen atoms in total. The van der Waals surface area contributed by atoms with Crippen molar-refractivity contribution in [2.45, 2.75) is 0 Å². The molecule has 13 heavy (non-hydrogen) atoms. The molecule has 1 N–H and O–H groups in total. The van der Waals surface area contributed by atoms with Crippen LogP contribution in [0.2, 0.25) is 0 Å². The third kappa shape index (κ3) is 1.49. The maximum absolute atomic E-state index is 11.3. The quantitative estimate of drug-likeness (QED) is 0.632. The molecular weight excluding hydrogens is 164 g/mol. The summed E-state index contributed by atoms with van der Waals surface area (Å²) in [5, 5.41) is 0. The summed E-state index contributed by atoms with van der Waals surface area (Å²) in [5.74, 6) is 0. The van der Waals surface area contributed by atoms with Gasteiger partial charge in [-0.1, -0.05) is 6.07 Å². The summed E-state index contributed by atoms with van der Waals surface area (Å²) in [6.07, 6.45) is 5.30. The summed E-state index contributed by atoms with van der Waals surface area (Å²) in [6, 6.07) is 9.25. The van der Waals surface area contributed by atoms with Crippen molar-refractivity contribution in [1.29, 1.82) is 0 Å². The van der Waals surface area contributed by atoms with Crippen molar-refractivity contribution in [3.8, 4) is 5.69 Å². The fourth-order valence-electron chi connectivity index (χ4n) is 1.18. The number of nitrogens with zero attached hydrogens (tertiary/aromatic N) is 1. The molecule has 0 aromatic carbocycles. The third-order valence-corrected chi connectivity index (χ3v) is 1.79. The van der Waals surface area contributed by atoms with E-state index in [2.05, 4.69) is 4.98 Å². The molecule has 0 unspecified atom stereocenters. The Kier molecular flexibility index (Phi) is 1.92. The minimum absolute atomic E-state index is 0.0845. The van der Waals surface area contributed by atoms with Crippen LogP contribution in [0.4, 0.5) is 0 Å². The molecule has 0 amide bonds. The second kappa shape index (κ2) is 3.23. The highest BCUT2D eigenvalue weighted by Crippen LogP contribution is 1.87. The van der Waals surface area contributed by atoms with Crippen LogP contribution in [0.15, 0.2) is 53.7 Å². The van der Waals surface area contributed by atoms with Gasteiger partial charge in [-0.3, -0.25) is 4.79 Å². The van der Waals surface area contributed by atoms with Gasteiger partial charge in [-0.2, -0.15) is 4.57 Å². The number of hydrogen-bond donors (Lipinski definition) is 1. The van der Waals surface area contributed by atoms with Gasteiger partial charge in [0.05, 0.1) is 0 Å². The summed E-state index contributed by atoms with van der Waals surface area (Å²) in [6.45, 7) is 0. The molecule has 0 aliphatic carbocycles. The first-order valence-electron chi connectivity index (χ1n) is 4.02. The predicted molar refractivity (Wildman–Crippen MR) is 48.6 cm³/mol. The van der Waals surface area contributed by atoms with E-state index in [1.165, 1.54) is 0 Å². The Hall–Kier alpha value is -1.90. The Morgan fingerprint density at radius 1 is 1.08 bits per heavy atom. The van der Waals surface area contributed by atoms with Crippen LogP contribution in [0, 0.1) is 0 Å². The van der Waals surface area contributed by atoms with Crippen molar-refractivity contribution in [3.05, 3.63) is 59.3 Å². The second-order valence-electron chi connectivity index (χ2n) is 2.67. The Bertz CT molecular complexity index is 448. The van der Waals surface area contributed by atoms with Crippen LogP contribution in [0.5, 0.6) is 0 Å². The average molecular weight is 173 g/mol. The van der Waals surface area contributed by atoms with E-state index in [1.807, 2.05) is 30.6 Å². The Balaban J connectivity index is 2.60. The summed E-state index contributed by atoms with van der Waals surface area (Å²) in [4.78, 5) is 14.0. The van der Waals surface area contributed by atoms with E-state index in [0.717, 1.165) is 0 Å². The Morgan fingerprint density at radius 3 is 2.54 bits per heavy atom. The number of aromatic amines is 1. The first-order valence-corrected chi connectivity index (χ1v) is 4.02. The molecule has 3 heteroatoms. The van der Waals surface area contributed by atoms with Crippen LogP contribution in [0.3, 0.4) is 0 Å². The maximum Gasteiger partial charge on any atom is 0.320 e. The number of aromatic nitrogens is 2. The van der Waals surface area contributed by atoms with Crippen LogP contribution >= 0.6 is 0 Å². The topological polar surface area (TPSA) is 36.7 Å². The van der Waals surface area contributed by atoms with Gasteiger partial charge in [0, 0.05) is 24.4 Å². The fourth-order valence-corrected chi connectivity index (χ4v) is 1.18. The maximum atomic E-state index is 11.3. The van der Waals surface area contributed by atoms with Crippen molar-refractivity contribution < 1.29 is 4.57 Å². The van der Waals surface area contributed by atoms with Gasteiger partial charge < -0.3 is 4.98 Å². The number of H-pyrrole nitrogens is 1. The molecule has 2 heterocycles. The summed E-state index contributed by atoms with van der Waals surface area (Å²) in [5.41, 5.74) is 0.543. The lowest BCUT2D eigenvalue weighted by atomic mass is 10.4. The van der Waals surface area contributed by atoms with Crippen molar-refractivity contribution in [3.63, 3.8) is 0 Å². The molecule has 2 rings (SSSR count). The summed E-state index contributed by atoms with van der Waals surface area (Å²) in [7, 11) is 0. The first kappa shape index (κ1) is 7.73. The number of pyridine rings is 2. The SMILES string of the molecule is O=c1[nH]cccc1-[n+]1ccccc1. The predicted octanol–water partition coefficient (Wildman–Crippen LogP) is 0.652. The smallest absolute Gasteiger partial charge is 0.320 e. The first-order chi connectivity index (χ1) is 6.38. The molecule has 0 spiro atoms. The highest BCUT2D eigenvalue weighted by molar-refractivity contribution is 5.16. The molecule has 0 saturated heterocycles. The van der Waals surface area contributed by atoms with Gasteiger partial charge in [-0.05, 0) is 6.07 Å². The van der Waals surface area contributed by atoms with Crippen LogP contribution in [0.1, 0.15) is 0 Å². The fraction of sp³-hybridized carbons (Fsp3) is 0. The van der Waals surface area contributed by atoms with E-state index < -0.39 is 0 Å². The van der Waals surface area contributed by atoms with E-state index in [4.69, 9.17) is 0 Å². The highest BCUT2D eigenvalue weighted by atomic mass is 16.1. The largest absolute Gasteiger partial charge is 0.323 e. The van der Waals surface area contributed by atoms with E-state index in [0.29, 0.717) is 5.69 Å². The zero-order valence-corrected chi connectivity index (χ0v) is 6.97. The zero-order valence-electron chi connectivity index (χ0n) is 6.97. The molecule has 0 aliphatic rings. The van der Waals surface area contributed by atoms with Crippen molar-refractivity contribution in [2.75, 3.05) is 0 Å². The molecule has 2 aromatic rings. The van der Waals surface area contributed by atoms with Crippen LogP contribution in [-0.2, 0) is 0 Å². The minimum atomic E-state index is -0.0845. The van der Waals surface area contributed by atoms with Gasteiger partial charge >= 0.3 is 5.56 Å². The zero-order chi connectivity index (χ0) is 9.10. The molecule has 64 valence electrons. The number of rotatable bonds is 1. The van der Waals surface area contributed by atoms with E-state index in [1.54, 1.807) is 22.9 Å². The van der Waals surface area contributed by atoms with Gasteiger partial charge in [-0.25, -0.2) is 0 Å². The van der Waals surface area contributed by atoms with Gasteiger partial charge in [0.15, 0.2) is 12.4 Å². The van der Waals surface area contributed by atoms with Crippen LogP contribution in [-0.4, -0.2) is 4.98 Å². The van der Waals surface area contributed by atoms with Gasteiger partial charge in [0.25, 0.3) is 5.69 Å². The molecular formula is C10H9N2O+. The molecule has 0 radical (unpaired) electrons. The minimum Gasteiger partial charge on any atom is -0.323 e. The lowest BCUT2D eigenvalue weighted by Gasteiger charge is -1.91. The van der Waals surface area contributed by atoms with Crippen molar-refractivity contribution in [2.24, 2.45) is 0 Å². The monoisotopic (exact) mass is 173 g/mol. The van der Waals surface area contributed by atoms with Crippen LogP contribution in [0.25, 0.3) is 5.69 Å². The van der Waals surface area contributed by atoms with Crippen molar-refractivity contribution in [1.82, 2.24) is 4.98 Å². The van der Waals surface area contributed by atoms with Crippen LogP contribution < -0.4 is 10.1 Å². The Morgan fingerprint density at radius 2 is 1.85 bits per heavy atom. The number of hydrogen-bond acceptors (Lipinski definition) is 1. The molecule has 2 aromatic heterocycles. The summed E-state index contributed by atoms with van der Waals surface area (Å²) < 4.78 is 1.78. The summed E-state index contributed by atoms with van der Waals surface area (Å²) >= 11 is 0. The van der Waals surface area contributed by atoms with Gasteiger partial charge in [-0.15, -0.1) is 0 Å². The standard InChI is InChI=1S/C10H8N2O/c13-10-9(5-4-6-11-10)12-7-2-1-3-8-12/h1-8H/p+1. The molecule has 0 atom stereocenters. The van der Waals surface area contributed by atoms with E-state index in [-0.39, 0.29) is 5.56 Å². The van der Waals surface area contributed by atoms with Gasteiger partial charge in [0.1, 0.15) is 0 Å². The average Bonchev–Trinajstić information content (AvgIpc) is 2.20. The van der Waals surface area contributed by atoms with E-state index in [9.17, 15) is 4.79 Å². The van der Waals surface area contributed by atoms with Gasteiger partial charge in [0.2, 0.25) is 0 Å². The molecule has 0 aliphatic heterocycles. The Labute approximate surface area is 75.3 Å². The lowest BCUT2D eigenvalue weighted by molar-refractivity contribution is -0.596. The third-order valence-electron chi connectivity index (χ3n) is 1.79.